The van der Waals surface area contributed by atoms with Gasteiger partial charge in [-0.05, 0) is 18.9 Å². The Morgan fingerprint density at radius 1 is 1.56 bits per heavy atom. The lowest BCUT2D eigenvalue weighted by atomic mass is 10.1. The highest BCUT2D eigenvalue weighted by molar-refractivity contribution is 5.95. The van der Waals surface area contributed by atoms with E-state index in [2.05, 4.69) is 14.9 Å². The molecule has 0 aliphatic carbocycles. The van der Waals surface area contributed by atoms with E-state index in [1.165, 1.54) is 12.4 Å². The fourth-order valence-electron chi connectivity index (χ4n) is 1.93. The predicted octanol–water partition coefficient (Wildman–Crippen LogP) is -0.0265. The molecule has 1 atom stereocenters. The standard InChI is InChI=1S/C11H15N3O2/c15-8-9-1-4-14(6-9)7-11(16)10-5-12-2-3-13-10/h2-3,5,9,15H,1,4,6-8H2/t9-/m1/s1. The molecule has 5 heteroatoms. The lowest BCUT2D eigenvalue weighted by Gasteiger charge is -2.13. The van der Waals surface area contributed by atoms with Crippen LogP contribution in [0.1, 0.15) is 16.9 Å². The summed E-state index contributed by atoms with van der Waals surface area (Å²) < 4.78 is 0. The van der Waals surface area contributed by atoms with Gasteiger partial charge in [-0.2, -0.15) is 0 Å². The zero-order valence-electron chi connectivity index (χ0n) is 9.04. The van der Waals surface area contributed by atoms with Crippen LogP contribution < -0.4 is 0 Å². The highest BCUT2D eigenvalue weighted by Gasteiger charge is 2.23. The molecule has 1 aliphatic rings. The van der Waals surface area contributed by atoms with Gasteiger partial charge in [0.25, 0.3) is 0 Å². The number of carbonyl (C=O) groups is 1. The summed E-state index contributed by atoms with van der Waals surface area (Å²) >= 11 is 0. The largest absolute Gasteiger partial charge is 0.396 e. The maximum atomic E-state index is 11.8. The molecule has 2 rings (SSSR count). The topological polar surface area (TPSA) is 66.3 Å². The number of aliphatic hydroxyl groups excluding tert-OH is 1. The van der Waals surface area contributed by atoms with E-state index in [1.807, 2.05) is 0 Å². The van der Waals surface area contributed by atoms with Crippen LogP contribution >= 0.6 is 0 Å². The van der Waals surface area contributed by atoms with Crippen molar-refractivity contribution in [2.75, 3.05) is 26.2 Å². The van der Waals surface area contributed by atoms with Gasteiger partial charge in [-0.15, -0.1) is 0 Å². The molecule has 0 saturated carbocycles. The van der Waals surface area contributed by atoms with Crippen molar-refractivity contribution in [3.8, 4) is 0 Å². The maximum absolute atomic E-state index is 11.8. The van der Waals surface area contributed by atoms with E-state index in [4.69, 9.17) is 5.11 Å². The molecule has 5 nitrogen and oxygen atoms in total. The van der Waals surface area contributed by atoms with Crippen LogP contribution in [0.15, 0.2) is 18.6 Å². The van der Waals surface area contributed by atoms with Gasteiger partial charge in [0.15, 0.2) is 5.78 Å². The third-order valence-electron chi connectivity index (χ3n) is 2.84. The molecule has 1 fully saturated rings. The summed E-state index contributed by atoms with van der Waals surface area (Å²) in [5, 5.41) is 9.00. The average Bonchev–Trinajstić information content (AvgIpc) is 2.78. The molecule has 86 valence electrons. The summed E-state index contributed by atoms with van der Waals surface area (Å²) in [4.78, 5) is 21.7. The number of hydrogen-bond acceptors (Lipinski definition) is 5. The summed E-state index contributed by atoms with van der Waals surface area (Å²) in [6.45, 7) is 2.24. The van der Waals surface area contributed by atoms with Crippen LogP contribution in [0.25, 0.3) is 0 Å². The van der Waals surface area contributed by atoms with Gasteiger partial charge in [-0.3, -0.25) is 14.7 Å². The number of nitrogens with zero attached hydrogens (tertiary/aromatic N) is 3. The zero-order valence-corrected chi connectivity index (χ0v) is 9.04. The van der Waals surface area contributed by atoms with Gasteiger partial charge in [-0.25, -0.2) is 4.98 Å². The van der Waals surface area contributed by atoms with Crippen molar-refractivity contribution in [2.24, 2.45) is 5.92 Å². The third kappa shape index (κ3) is 2.62. The van der Waals surface area contributed by atoms with Crippen molar-refractivity contribution in [3.05, 3.63) is 24.3 Å². The van der Waals surface area contributed by atoms with E-state index in [1.54, 1.807) is 6.20 Å². The Balaban J connectivity index is 1.89. The molecule has 1 N–H and O–H groups in total. The molecule has 0 amide bonds. The van der Waals surface area contributed by atoms with E-state index in [-0.39, 0.29) is 12.4 Å². The van der Waals surface area contributed by atoms with Crippen molar-refractivity contribution in [1.82, 2.24) is 14.9 Å². The summed E-state index contributed by atoms with van der Waals surface area (Å²) in [6, 6.07) is 0. The maximum Gasteiger partial charge on any atom is 0.196 e. The molecule has 0 radical (unpaired) electrons. The zero-order chi connectivity index (χ0) is 11.4. The summed E-state index contributed by atoms with van der Waals surface area (Å²) in [5.41, 5.74) is 0.412. The summed E-state index contributed by atoms with van der Waals surface area (Å²) in [5.74, 6) is 0.307. The smallest absolute Gasteiger partial charge is 0.196 e. The van der Waals surface area contributed by atoms with Crippen LogP contribution in [0.5, 0.6) is 0 Å². The second-order valence-electron chi connectivity index (χ2n) is 4.09. The molecule has 1 aromatic heterocycles. The lowest BCUT2D eigenvalue weighted by Crippen LogP contribution is -2.28. The molecule has 1 aromatic rings. The number of likely N-dealkylation sites (tertiary alicyclic amines) is 1. The van der Waals surface area contributed by atoms with Gasteiger partial charge in [-0.1, -0.05) is 0 Å². The van der Waals surface area contributed by atoms with Gasteiger partial charge in [0.2, 0.25) is 0 Å². The van der Waals surface area contributed by atoms with Crippen LogP contribution in [0.4, 0.5) is 0 Å². The molecule has 0 bridgehead atoms. The minimum absolute atomic E-state index is 0.00769. The number of ketones is 1. The van der Waals surface area contributed by atoms with E-state index in [0.29, 0.717) is 18.2 Å². The molecule has 2 heterocycles. The predicted molar refractivity (Wildman–Crippen MR) is 58.0 cm³/mol. The van der Waals surface area contributed by atoms with Gasteiger partial charge >= 0.3 is 0 Å². The van der Waals surface area contributed by atoms with Gasteiger partial charge in [0.05, 0.1) is 12.7 Å². The molecule has 1 saturated heterocycles. The molecule has 0 spiro atoms. The normalized spacial score (nSPS) is 21.2. The van der Waals surface area contributed by atoms with Crippen LogP contribution in [-0.2, 0) is 0 Å². The molecular weight excluding hydrogens is 206 g/mol. The number of aromatic nitrogens is 2. The van der Waals surface area contributed by atoms with Crippen molar-refractivity contribution in [3.63, 3.8) is 0 Å². The van der Waals surface area contributed by atoms with Crippen LogP contribution in [0.3, 0.4) is 0 Å². The van der Waals surface area contributed by atoms with E-state index in [9.17, 15) is 4.79 Å². The van der Waals surface area contributed by atoms with Gasteiger partial charge < -0.3 is 5.11 Å². The quantitative estimate of drug-likeness (QED) is 0.723. The highest BCUT2D eigenvalue weighted by atomic mass is 16.3. The van der Waals surface area contributed by atoms with E-state index < -0.39 is 0 Å². The molecule has 0 unspecified atom stereocenters. The van der Waals surface area contributed by atoms with Crippen LogP contribution in [0.2, 0.25) is 0 Å². The van der Waals surface area contributed by atoms with Crippen LogP contribution in [0, 0.1) is 5.92 Å². The fourth-order valence-corrected chi connectivity index (χ4v) is 1.93. The number of rotatable bonds is 4. The monoisotopic (exact) mass is 221 g/mol. The Morgan fingerprint density at radius 3 is 3.06 bits per heavy atom. The number of hydrogen-bond donors (Lipinski definition) is 1. The highest BCUT2D eigenvalue weighted by Crippen LogP contribution is 2.15. The number of aliphatic hydroxyl groups is 1. The van der Waals surface area contributed by atoms with Crippen molar-refractivity contribution >= 4 is 5.78 Å². The lowest BCUT2D eigenvalue weighted by molar-refractivity contribution is 0.0935. The average molecular weight is 221 g/mol. The first-order chi connectivity index (χ1) is 7.79. The molecular formula is C11H15N3O2. The number of Topliss-reactive ketones (excluding diaryl/α,β-unsaturated/α-hetero) is 1. The Labute approximate surface area is 94.1 Å². The Kier molecular flexibility index (Phi) is 3.58. The second kappa shape index (κ2) is 5.14. The van der Waals surface area contributed by atoms with Gasteiger partial charge in [0.1, 0.15) is 5.69 Å². The number of carbonyl (C=O) groups excluding carboxylic acids is 1. The Bertz CT molecular complexity index is 356. The summed E-state index contributed by atoms with van der Waals surface area (Å²) in [6.07, 6.45) is 5.52. The van der Waals surface area contributed by atoms with Gasteiger partial charge in [0, 0.05) is 25.5 Å². The Hall–Kier alpha value is -1.33. The molecule has 0 aromatic carbocycles. The van der Waals surface area contributed by atoms with Crippen molar-refractivity contribution < 1.29 is 9.90 Å². The van der Waals surface area contributed by atoms with E-state index in [0.717, 1.165) is 19.5 Å². The molecule has 1 aliphatic heterocycles. The first kappa shape index (κ1) is 11.2. The first-order valence-electron chi connectivity index (χ1n) is 5.42. The Morgan fingerprint density at radius 2 is 2.44 bits per heavy atom. The first-order valence-corrected chi connectivity index (χ1v) is 5.42. The SMILES string of the molecule is O=C(CN1CC[C@@H](CO)C1)c1cnccn1. The minimum Gasteiger partial charge on any atom is -0.396 e. The second-order valence-corrected chi connectivity index (χ2v) is 4.09. The van der Waals surface area contributed by atoms with Crippen molar-refractivity contribution in [2.45, 2.75) is 6.42 Å². The summed E-state index contributed by atoms with van der Waals surface area (Å²) in [7, 11) is 0. The third-order valence-corrected chi connectivity index (χ3v) is 2.84. The van der Waals surface area contributed by atoms with Crippen LogP contribution in [-0.4, -0.2) is 52.0 Å². The van der Waals surface area contributed by atoms with Crippen molar-refractivity contribution in [1.29, 1.82) is 0 Å². The molecule has 16 heavy (non-hydrogen) atoms. The van der Waals surface area contributed by atoms with E-state index >= 15 is 0 Å². The fraction of sp³-hybridized carbons (Fsp3) is 0.545. The minimum atomic E-state index is -0.00769.